The van der Waals surface area contributed by atoms with Gasteiger partial charge in [-0.15, -0.1) is 0 Å². The van der Waals surface area contributed by atoms with E-state index in [1.165, 1.54) is 0 Å². The van der Waals surface area contributed by atoms with E-state index in [0.29, 0.717) is 11.3 Å². The van der Waals surface area contributed by atoms with E-state index < -0.39 is 0 Å². The van der Waals surface area contributed by atoms with Gasteiger partial charge in [0.25, 0.3) is 5.91 Å². The van der Waals surface area contributed by atoms with Crippen LogP contribution in [-0.2, 0) is 14.3 Å². The fourth-order valence-electron chi connectivity index (χ4n) is 5.37. The van der Waals surface area contributed by atoms with Gasteiger partial charge in [0, 0.05) is 17.2 Å². The number of alkyl halides is 1. The first-order chi connectivity index (χ1) is 14.9. The van der Waals surface area contributed by atoms with Crippen LogP contribution >= 0.6 is 15.9 Å². The number of benzene rings is 2. The maximum atomic E-state index is 13.0. The number of anilines is 1. The number of rotatable bonds is 5. The molecule has 3 aliphatic rings. The molecule has 2 N–H and O–H groups in total. The number of nitrogens with one attached hydrogen (secondary N) is 2. The standard InChI is InChI=1S/C24H23BrN2O4/c1-12(13-5-3-2-4-6-13)26-22(28)14-7-9-15(10-8-14)27-23(29)18-16-11-17-19(18)24(30)31-21(17)20(16)25/h2-10,12,16-21H,11H2,1H3,(H,26,28)(H,27,29)/t12-,16+,17+,18+,19-,20-,21-/m0/s1. The largest absolute Gasteiger partial charge is 0.461 e. The van der Waals surface area contributed by atoms with Crippen molar-refractivity contribution in [3.63, 3.8) is 0 Å². The third-order valence-electron chi connectivity index (χ3n) is 6.89. The van der Waals surface area contributed by atoms with Crippen LogP contribution in [0.1, 0.15) is 35.3 Å². The van der Waals surface area contributed by atoms with Crippen molar-refractivity contribution in [1.29, 1.82) is 0 Å². The summed E-state index contributed by atoms with van der Waals surface area (Å²) in [4.78, 5) is 37.8. The Bertz CT molecular complexity index is 1030. The lowest BCUT2D eigenvalue weighted by Crippen LogP contribution is -2.40. The van der Waals surface area contributed by atoms with Crippen molar-refractivity contribution < 1.29 is 19.1 Å². The number of fused-ring (bicyclic) bond motifs is 1. The van der Waals surface area contributed by atoms with Crippen LogP contribution in [0.15, 0.2) is 54.6 Å². The van der Waals surface area contributed by atoms with E-state index in [1.54, 1.807) is 24.3 Å². The Labute approximate surface area is 188 Å². The molecule has 1 heterocycles. The normalized spacial score (nSPS) is 31.2. The maximum Gasteiger partial charge on any atom is 0.310 e. The lowest BCUT2D eigenvalue weighted by molar-refractivity contribution is -0.145. The Morgan fingerprint density at radius 3 is 2.48 bits per heavy atom. The van der Waals surface area contributed by atoms with E-state index in [2.05, 4.69) is 26.6 Å². The first-order valence-corrected chi connectivity index (χ1v) is 11.5. The van der Waals surface area contributed by atoms with Gasteiger partial charge in [0.1, 0.15) is 6.10 Å². The third kappa shape index (κ3) is 3.45. The summed E-state index contributed by atoms with van der Waals surface area (Å²) in [5.41, 5.74) is 2.15. The molecular weight excluding hydrogens is 460 g/mol. The van der Waals surface area contributed by atoms with Gasteiger partial charge in [-0.2, -0.15) is 0 Å². The predicted molar refractivity (Wildman–Crippen MR) is 119 cm³/mol. The van der Waals surface area contributed by atoms with Crippen molar-refractivity contribution in [3.05, 3.63) is 65.7 Å². The Morgan fingerprint density at radius 2 is 1.77 bits per heavy atom. The summed E-state index contributed by atoms with van der Waals surface area (Å²) in [5, 5.41) is 5.91. The van der Waals surface area contributed by atoms with Crippen LogP contribution in [0.4, 0.5) is 5.69 Å². The Morgan fingerprint density at radius 1 is 1.06 bits per heavy atom. The van der Waals surface area contributed by atoms with Gasteiger partial charge in [-0.1, -0.05) is 46.3 Å². The van der Waals surface area contributed by atoms with Gasteiger partial charge in [0.2, 0.25) is 5.91 Å². The predicted octanol–water partition coefficient (Wildman–Crippen LogP) is 3.69. The van der Waals surface area contributed by atoms with Crippen LogP contribution in [0.25, 0.3) is 0 Å². The number of hydrogen-bond acceptors (Lipinski definition) is 4. The lowest BCUT2D eigenvalue weighted by atomic mass is 9.79. The molecule has 6 nitrogen and oxygen atoms in total. The second kappa shape index (κ2) is 7.79. The highest BCUT2D eigenvalue weighted by Crippen LogP contribution is 2.60. The molecule has 2 bridgehead atoms. The summed E-state index contributed by atoms with van der Waals surface area (Å²) in [5.74, 6) is -1.06. The van der Waals surface area contributed by atoms with E-state index in [0.717, 1.165) is 12.0 Å². The highest BCUT2D eigenvalue weighted by Gasteiger charge is 2.67. The minimum atomic E-state index is -0.379. The number of hydrogen-bond donors (Lipinski definition) is 2. The van der Waals surface area contributed by atoms with Crippen LogP contribution in [0.3, 0.4) is 0 Å². The SMILES string of the molecule is C[C@H](NC(=O)c1ccc(NC(=O)[C@@H]2[C@H]3C[C@H]4[C@H](OC(=O)[C@@H]42)[C@H]3Br)cc1)c1ccccc1. The molecule has 31 heavy (non-hydrogen) atoms. The number of amides is 2. The van der Waals surface area contributed by atoms with Crippen molar-refractivity contribution in [2.24, 2.45) is 23.7 Å². The molecule has 0 radical (unpaired) electrons. The van der Waals surface area contributed by atoms with Crippen molar-refractivity contribution in [1.82, 2.24) is 5.32 Å². The van der Waals surface area contributed by atoms with Gasteiger partial charge < -0.3 is 15.4 Å². The zero-order chi connectivity index (χ0) is 21.7. The molecule has 2 aromatic rings. The molecule has 5 rings (SSSR count). The van der Waals surface area contributed by atoms with Gasteiger partial charge >= 0.3 is 5.97 Å². The summed E-state index contributed by atoms with van der Waals surface area (Å²) in [6, 6.07) is 16.5. The average molecular weight is 483 g/mol. The number of carbonyl (C=O) groups excluding carboxylic acids is 3. The fourth-order valence-corrected chi connectivity index (χ4v) is 6.41. The molecular formula is C24H23BrN2O4. The van der Waals surface area contributed by atoms with Crippen LogP contribution in [0.5, 0.6) is 0 Å². The second-order valence-corrected chi connectivity index (χ2v) is 9.69. The Hall–Kier alpha value is -2.67. The minimum Gasteiger partial charge on any atom is -0.461 e. The molecule has 0 spiro atoms. The van der Waals surface area contributed by atoms with Crippen molar-refractivity contribution in [2.75, 3.05) is 5.32 Å². The van der Waals surface area contributed by atoms with E-state index in [4.69, 9.17) is 4.74 Å². The first-order valence-electron chi connectivity index (χ1n) is 10.6. The monoisotopic (exact) mass is 482 g/mol. The molecule has 1 aliphatic heterocycles. The first kappa shape index (κ1) is 20.2. The quantitative estimate of drug-likeness (QED) is 0.502. The number of ether oxygens (including phenoxy) is 1. The second-order valence-electron chi connectivity index (χ2n) is 8.63. The lowest BCUT2D eigenvalue weighted by Gasteiger charge is -2.27. The number of halogens is 1. The molecule has 2 amide bonds. The fraction of sp³-hybridized carbons (Fsp3) is 0.375. The van der Waals surface area contributed by atoms with Gasteiger partial charge in [0.15, 0.2) is 0 Å². The van der Waals surface area contributed by atoms with Crippen molar-refractivity contribution in [3.8, 4) is 0 Å². The van der Waals surface area contributed by atoms with Crippen LogP contribution in [0, 0.1) is 23.7 Å². The molecule has 160 valence electrons. The highest BCUT2D eigenvalue weighted by atomic mass is 79.9. The molecule has 7 heteroatoms. The maximum absolute atomic E-state index is 13.0. The van der Waals surface area contributed by atoms with Crippen LogP contribution in [-0.4, -0.2) is 28.7 Å². The van der Waals surface area contributed by atoms with E-state index >= 15 is 0 Å². The molecule has 2 saturated carbocycles. The molecule has 2 aromatic carbocycles. The minimum absolute atomic E-state index is 0.0358. The van der Waals surface area contributed by atoms with Gasteiger partial charge in [-0.3, -0.25) is 14.4 Å². The molecule has 1 saturated heterocycles. The van der Waals surface area contributed by atoms with Crippen LogP contribution in [0.2, 0.25) is 0 Å². The summed E-state index contributed by atoms with van der Waals surface area (Å²) < 4.78 is 5.48. The molecule has 7 atom stereocenters. The zero-order valence-electron chi connectivity index (χ0n) is 17.0. The van der Waals surface area contributed by atoms with Crippen LogP contribution < -0.4 is 10.6 Å². The van der Waals surface area contributed by atoms with Gasteiger partial charge in [0.05, 0.1) is 22.7 Å². The number of carbonyl (C=O) groups is 3. The van der Waals surface area contributed by atoms with E-state index in [-0.39, 0.29) is 58.4 Å². The average Bonchev–Trinajstić information content (AvgIpc) is 3.39. The van der Waals surface area contributed by atoms with Crippen molar-refractivity contribution >= 4 is 39.4 Å². The summed E-state index contributed by atoms with van der Waals surface area (Å²) in [7, 11) is 0. The summed E-state index contributed by atoms with van der Waals surface area (Å²) in [6.07, 6.45) is 0.746. The smallest absolute Gasteiger partial charge is 0.310 e. The number of esters is 1. The molecule has 0 unspecified atom stereocenters. The van der Waals surface area contributed by atoms with Gasteiger partial charge in [-0.05, 0) is 49.1 Å². The Balaban J connectivity index is 1.23. The molecule has 2 aliphatic carbocycles. The van der Waals surface area contributed by atoms with Gasteiger partial charge in [-0.25, -0.2) is 0 Å². The summed E-state index contributed by atoms with van der Waals surface area (Å²) in [6.45, 7) is 1.94. The zero-order valence-corrected chi connectivity index (χ0v) is 18.5. The van der Waals surface area contributed by atoms with E-state index in [1.807, 2.05) is 37.3 Å². The molecule has 3 fully saturated rings. The third-order valence-corrected chi connectivity index (χ3v) is 8.09. The highest BCUT2D eigenvalue weighted by molar-refractivity contribution is 9.09. The van der Waals surface area contributed by atoms with E-state index in [9.17, 15) is 14.4 Å². The topological polar surface area (TPSA) is 84.5 Å². The van der Waals surface area contributed by atoms with Crippen molar-refractivity contribution in [2.45, 2.75) is 30.3 Å². The molecule has 0 aromatic heterocycles. The summed E-state index contributed by atoms with van der Waals surface area (Å²) >= 11 is 3.63. The Kier molecular flexibility index (Phi) is 5.08.